The SMILES string of the molecule is Cc1ccc(C(O)Cc2ccc(F)cc2Br)cc1Cl. The molecule has 1 atom stereocenters. The van der Waals surface area contributed by atoms with E-state index in [4.69, 9.17) is 11.6 Å². The second-order valence-corrected chi connectivity index (χ2v) is 5.73. The highest BCUT2D eigenvalue weighted by molar-refractivity contribution is 9.10. The Balaban J connectivity index is 2.20. The molecule has 19 heavy (non-hydrogen) atoms. The molecular formula is C15H13BrClFO. The molecule has 0 heterocycles. The molecule has 0 aromatic heterocycles. The molecule has 2 aromatic rings. The van der Waals surface area contributed by atoms with E-state index >= 15 is 0 Å². The number of halogens is 3. The summed E-state index contributed by atoms with van der Waals surface area (Å²) in [6.07, 6.45) is -0.264. The van der Waals surface area contributed by atoms with Gasteiger partial charge in [0.05, 0.1) is 6.10 Å². The molecule has 100 valence electrons. The number of aliphatic hydroxyl groups is 1. The van der Waals surface area contributed by atoms with Crippen LogP contribution in [0.2, 0.25) is 5.02 Å². The van der Waals surface area contributed by atoms with Gasteiger partial charge in [0.2, 0.25) is 0 Å². The Kier molecular flexibility index (Phi) is 4.61. The first-order valence-electron chi connectivity index (χ1n) is 5.85. The van der Waals surface area contributed by atoms with Crippen LogP contribution in [0.4, 0.5) is 4.39 Å². The highest BCUT2D eigenvalue weighted by Gasteiger charge is 2.12. The minimum Gasteiger partial charge on any atom is -0.388 e. The highest BCUT2D eigenvalue weighted by Crippen LogP contribution is 2.27. The van der Waals surface area contributed by atoms with Gasteiger partial charge < -0.3 is 5.11 Å². The molecule has 0 aliphatic carbocycles. The summed E-state index contributed by atoms with van der Waals surface area (Å²) in [5.74, 6) is -0.302. The maximum atomic E-state index is 13.0. The van der Waals surface area contributed by atoms with Crippen LogP contribution in [0, 0.1) is 12.7 Å². The Morgan fingerprint density at radius 2 is 2.00 bits per heavy atom. The minimum absolute atomic E-state index is 0.302. The van der Waals surface area contributed by atoms with Gasteiger partial charge >= 0.3 is 0 Å². The Labute approximate surface area is 125 Å². The van der Waals surface area contributed by atoms with Crippen molar-refractivity contribution in [2.75, 3.05) is 0 Å². The Morgan fingerprint density at radius 1 is 1.26 bits per heavy atom. The van der Waals surface area contributed by atoms with Gasteiger partial charge in [-0.1, -0.05) is 45.7 Å². The Hall–Kier alpha value is -0.900. The second-order valence-electron chi connectivity index (χ2n) is 4.46. The van der Waals surface area contributed by atoms with Crippen molar-refractivity contribution in [2.24, 2.45) is 0 Å². The predicted octanol–water partition coefficient (Wildman–Crippen LogP) is 4.83. The van der Waals surface area contributed by atoms with E-state index in [-0.39, 0.29) is 5.82 Å². The molecule has 1 unspecified atom stereocenters. The van der Waals surface area contributed by atoms with Gasteiger partial charge in [-0.05, 0) is 41.8 Å². The van der Waals surface area contributed by atoms with Gasteiger partial charge in [-0.2, -0.15) is 0 Å². The van der Waals surface area contributed by atoms with Gasteiger partial charge in [-0.15, -0.1) is 0 Å². The summed E-state index contributed by atoms with van der Waals surface area (Å²) in [5.41, 5.74) is 2.58. The average Bonchev–Trinajstić information content (AvgIpc) is 2.36. The van der Waals surface area contributed by atoms with E-state index in [2.05, 4.69) is 15.9 Å². The van der Waals surface area contributed by atoms with Gasteiger partial charge in [-0.25, -0.2) is 4.39 Å². The van der Waals surface area contributed by atoms with Gasteiger partial charge in [0.25, 0.3) is 0 Å². The zero-order valence-corrected chi connectivity index (χ0v) is 12.7. The first-order valence-corrected chi connectivity index (χ1v) is 7.02. The van der Waals surface area contributed by atoms with Crippen molar-refractivity contribution in [3.8, 4) is 0 Å². The third-order valence-corrected chi connectivity index (χ3v) is 4.15. The van der Waals surface area contributed by atoms with Crippen LogP contribution in [-0.4, -0.2) is 5.11 Å². The van der Waals surface area contributed by atoms with E-state index in [0.29, 0.717) is 15.9 Å². The number of aryl methyl sites for hydroxylation is 1. The lowest BCUT2D eigenvalue weighted by molar-refractivity contribution is 0.178. The van der Waals surface area contributed by atoms with Gasteiger partial charge in [0.15, 0.2) is 0 Å². The molecule has 0 aliphatic heterocycles. The zero-order chi connectivity index (χ0) is 14.0. The summed E-state index contributed by atoms with van der Waals surface area (Å²) in [4.78, 5) is 0. The van der Waals surface area contributed by atoms with Crippen molar-refractivity contribution < 1.29 is 9.50 Å². The lowest BCUT2D eigenvalue weighted by Crippen LogP contribution is -2.03. The van der Waals surface area contributed by atoms with Crippen molar-refractivity contribution in [1.82, 2.24) is 0 Å². The maximum absolute atomic E-state index is 13.0. The third kappa shape index (κ3) is 3.56. The molecule has 0 aliphatic rings. The summed E-state index contributed by atoms with van der Waals surface area (Å²) >= 11 is 9.34. The van der Waals surface area contributed by atoms with Crippen LogP contribution in [0.1, 0.15) is 22.8 Å². The predicted molar refractivity (Wildman–Crippen MR) is 79.0 cm³/mol. The molecule has 4 heteroatoms. The van der Waals surface area contributed by atoms with Crippen LogP contribution >= 0.6 is 27.5 Å². The van der Waals surface area contributed by atoms with Crippen molar-refractivity contribution in [3.63, 3.8) is 0 Å². The van der Waals surface area contributed by atoms with E-state index in [9.17, 15) is 9.50 Å². The Morgan fingerprint density at radius 3 is 2.63 bits per heavy atom. The fourth-order valence-corrected chi connectivity index (χ4v) is 2.53. The number of benzene rings is 2. The monoisotopic (exact) mass is 342 g/mol. The van der Waals surface area contributed by atoms with Crippen molar-refractivity contribution >= 4 is 27.5 Å². The van der Waals surface area contributed by atoms with Crippen LogP contribution in [0.3, 0.4) is 0 Å². The summed E-state index contributed by atoms with van der Waals surface area (Å²) < 4.78 is 13.7. The summed E-state index contributed by atoms with van der Waals surface area (Å²) in [7, 11) is 0. The fourth-order valence-electron chi connectivity index (χ4n) is 1.83. The third-order valence-electron chi connectivity index (χ3n) is 3.01. The highest BCUT2D eigenvalue weighted by atomic mass is 79.9. The molecular weight excluding hydrogens is 331 g/mol. The maximum Gasteiger partial charge on any atom is 0.124 e. The molecule has 0 bridgehead atoms. The molecule has 0 spiro atoms. The molecule has 2 rings (SSSR count). The summed E-state index contributed by atoms with van der Waals surface area (Å²) in [5, 5.41) is 10.8. The van der Waals surface area contributed by atoms with E-state index in [0.717, 1.165) is 16.7 Å². The normalized spacial score (nSPS) is 12.5. The molecule has 0 saturated heterocycles. The van der Waals surface area contributed by atoms with Crippen molar-refractivity contribution in [1.29, 1.82) is 0 Å². The molecule has 0 saturated carbocycles. The number of hydrogen-bond donors (Lipinski definition) is 1. The first-order chi connectivity index (χ1) is 8.97. The molecule has 0 radical (unpaired) electrons. The number of hydrogen-bond acceptors (Lipinski definition) is 1. The summed E-state index contributed by atoms with van der Waals surface area (Å²) in [6, 6.07) is 9.93. The standard InChI is InChI=1S/C15H13BrClFO/c1-9-2-3-11(6-14(9)17)15(19)7-10-4-5-12(18)8-13(10)16/h2-6,8,15,19H,7H2,1H3. The first kappa shape index (κ1) is 14.5. The lowest BCUT2D eigenvalue weighted by atomic mass is 10.0. The zero-order valence-electron chi connectivity index (χ0n) is 10.3. The molecule has 1 N–H and O–H groups in total. The van der Waals surface area contributed by atoms with E-state index < -0.39 is 6.10 Å². The van der Waals surface area contributed by atoms with Crippen molar-refractivity contribution in [2.45, 2.75) is 19.4 Å². The van der Waals surface area contributed by atoms with Gasteiger partial charge in [-0.3, -0.25) is 0 Å². The topological polar surface area (TPSA) is 20.2 Å². The minimum atomic E-state index is -0.667. The lowest BCUT2D eigenvalue weighted by Gasteiger charge is -2.13. The number of aliphatic hydroxyl groups excluding tert-OH is 1. The molecule has 2 aromatic carbocycles. The van der Waals surface area contributed by atoms with Crippen LogP contribution in [0.25, 0.3) is 0 Å². The van der Waals surface area contributed by atoms with E-state index in [1.807, 2.05) is 19.1 Å². The second kappa shape index (κ2) is 6.04. The number of rotatable bonds is 3. The average molecular weight is 344 g/mol. The quantitative estimate of drug-likeness (QED) is 0.846. The largest absolute Gasteiger partial charge is 0.388 e. The molecule has 0 amide bonds. The molecule has 0 fully saturated rings. The van der Waals surface area contributed by atoms with Crippen LogP contribution < -0.4 is 0 Å². The van der Waals surface area contributed by atoms with Gasteiger partial charge in [0, 0.05) is 15.9 Å². The van der Waals surface area contributed by atoms with Crippen LogP contribution in [0.5, 0.6) is 0 Å². The van der Waals surface area contributed by atoms with E-state index in [1.54, 1.807) is 12.1 Å². The van der Waals surface area contributed by atoms with Gasteiger partial charge in [0.1, 0.15) is 5.82 Å². The Bertz CT molecular complexity index is 601. The fraction of sp³-hybridized carbons (Fsp3) is 0.200. The van der Waals surface area contributed by atoms with Crippen LogP contribution in [0.15, 0.2) is 40.9 Å². The van der Waals surface area contributed by atoms with Crippen molar-refractivity contribution in [3.05, 3.63) is 68.4 Å². The molecule has 1 nitrogen and oxygen atoms in total. The van der Waals surface area contributed by atoms with E-state index in [1.165, 1.54) is 12.1 Å². The van der Waals surface area contributed by atoms with Crippen LogP contribution in [-0.2, 0) is 6.42 Å². The summed E-state index contributed by atoms with van der Waals surface area (Å²) in [6.45, 7) is 1.91. The smallest absolute Gasteiger partial charge is 0.124 e.